The summed E-state index contributed by atoms with van der Waals surface area (Å²) in [4.78, 5) is 0. The molecule has 0 bridgehead atoms. The molecule has 0 radical (unpaired) electrons. The van der Waals surface area contributed by atoms with Gasteiger partial charge < -0.3 is 5.32 Å². The molecule has 0 aromatic heterocycles. The smallest absolute Gasteiger partial charge is 0.0632 e. The van der Waals surface area contributed by atoms with Gasteiger partial charge >= 0.3 is 0 Å². The van der Waals surface area contributed by atoms with Gasteiger partial charge in [-0.3, -0.25) is 0 Å². The van der Waals surface area contributed by atoms with Crippen molar-refractivity contribution in [3.8, 4) is 0 Å². The topological polar surface area (TPSA) is 12.0 Å². The van der Waals surface area contributed by atoms with Gasteiger partial charge in [0, 0.05) is 20.0 Å². The third-order valence-corrected chi connectivity index (χ3v) is 5.03. The molecule has 1 aromatic rings. The second-order valence-electron chi connectivity index (χ2n) is 5.85. The van der Waals surface area contributed by atoms with Crippen LogP contribution in [0.15, 0.2) is 21.1 Å². The largest absolute Gasteiger partial charge is 0.380 e. The van der Waals surface area contributed by atoms with Gasteiger partial charge in [-0.2, -0.15) is 0 Å². The highest BCUT2D eigenvalue weighted by Gasteiger charge is 2.28. The number of halogens is 3. The molecule has 0 amide bonds. The van der Waals surface area contributed by atoms with Crippen molar-refractivity contribution in [2.24, 2.45) is 5.41 Å². The van der Waals surface area contributed by atoms with Gasteiger partial charge in [-0.25, -0.2) is 0 Å². The molecule has 100 valence electrons. The SMILES string of the molecule is CC1(C)CCCC(Nc2c(Br)cc(Cl)cc2Br)C1. The van der Waals surface area contributed by atoms with E-state index in [4.69, 9.17) is 11.6 Å². The molecular formula is C14H18Br2ClN. The molecule has 1 unspecified atom stereocenters. The molecule has 1 aliphatic carbocycles. The van der Waals surface area contributed by atoms with E-state index in [2.05, 4.69) is 51.0 Å². The van der Waals surface area contributed by atoms with E-state index in [1.54, 1.807) is 0 Å². The number of benzene rings is 1. The van der Waals surface area contributed by atoms with Crippen LogP contribution in [0.25, 0.3) is 0 Å². The van der Waals surface area contributed by atoms with E-state index < -0.39 is 0 Å². The highest BCUT2D eigenvalue weighted by atomic mass is 79.9. The van der Waals surface area contributed by atoms with Gasteiger partial charge in [-0.15, -0.1) is 0 Å². The first-order valence-electron chi connectivity index (χ1n) is 6.28. The minimum atomic E-state index is 0.446. The molecule has 1 N–H and O–H groups in total. The predicted octanol–water partition coefficient (Wildman–Crippen LogP) is 6.25. The summed E-state index contributed by atoms with van der Waals surface area (Å²) in [6.45, 7) is 4.71. The summed E-state index contributed by atoms with van der Waals surface area (Å²) >= 11 is 13.2. The second kappa shape index (κ2) is 5.72. The highest BCUT2D eigenvalue weighted by Crippen LogP contribution is 2.39. The minimum absolute atomic E-state index is 0.446. The van der Waals surface area contributed by atoms with Gasteiger partial charge in [0.15, 0.2) is 0 Å². The minimum Gasteiger partial charge on any atom is -0.380 e. The van der Waals surface area contributed by atoms with Crippen molar-refractivity contribution in [3.63, 3.8) is 0 Å². The zero-order chi connectivity index (χ0) is 13.3. The molecule has 1 aromatic carbocycles. The van der Waals surface area contributed by atoms with Crippen LogP contribution in [0.4, 0.5) is 5.69 Å². The van der Waals surface area contributed by atoms with E-state index in [-0.39, 0.29) is 0 Å². The first-order chi connectivity index (χ1) is 8.37. The van der Waals surface area contributed by atoms with Crippen molar-refractivity contribution in [1.29, 1.82) is 0 Å². The van der Waals surface area contributed by atoms with E-state index in [1.807, 2.05) is 12.1 Å². The highest BCUT2D eigenvalue weighted by molar-refractivity contribution is 9.11. The maximum atomic E-state index is 6.02. The number of anilines is 1. The van der Waals surface area contributed by atoms with Crippen LogP contribution in [-0.4, -0.2) is 6.04 Å². The lowest BCUT2D eigenvalue weighted by Crippen LogP contribution is -2.31. The molecule has 1 fully saturated rings. The molecule has 1 aliphatic rings. The van der Waals surface area contributed by atoms with E-state index in [1.165, 1.54) is 25.7 Å². The van der Waals surface area contributed by atoms with Crippen LogP contribution >= 0.6 is 43.5 Å². The number of hydrogen-bond acceptors (Lipinski definition) is 1. The summed E-state index contributed by atoms with van der Waals surface area (Å²) in [5, 5.41) is 4.39. The Bertz CT molecular complexity index is 422. The van der Waals surface area contributed by atoms with Crippen LogP contribution in [0.2, 0.25) is 5.02 Å². The second-order valence-corrected chi connectivity index (χ2v) is 7.99. The molecule has 0 spiro atoms. The first kappa shape index (κ1) is 14.7. The average Bonchev–Trinajstić information content (AvgIpc) is 2.22. The van der Waals surface area contributed by atoms with Crippen LogP contribution in [0.1, 0.15) is 39.5 Å². The van der Waals surface area contributed by atoms with Crippen LogP contribution in [0, 0.1) is 5.41 Å². The maximum absolute atomic E-state index is 6.02. The van der Waals surface area contributed by atoms with Crippen molar-refractivity contribution < 1.29 is 0 Å². The van der Waals surface area contributed by atoms with Crippen LogP contribution in [0.3, 0.4) is 0 Å². The Kier molecular flexibility index (Phi) is 4.66. The van der Waals surface area contributed by atoms with E-state index in [0.717, 1.165) is 19.7 Å². The number of rotatable bonds is 2. The molecule has 2 rings (SSSR count). The Hall–Kier alpha value is 0.270. The Morgan fingerprint density at radius 1 is 1.28 bits per heavy atom. The molecular weight excluding hydrogens is 377 g/mol. The summed E-state index contributed by atoms with van der Waals surface area (Å²) in [6.07, 6.45) is 5.08. The third kappa shape index (κ3) is 3.64. The fourth-order valence-corrected chi connectivity index (χ4v) is 4.60. The van der Waals surface area contributed by atoms with E-state index in [0.29, 0.717) is 11.5 Å². The van der Waals surface area contributed by atoms with Crippen molar-refractivity contribution in [1.82, 2.24) is 0 Å². The van der Waals surface area contributed by atoms with E-state index >= 15 is 0 Å². The molecule has 0 saturated heterocycles. The Labute approximate surface area is 131 Å². The van der Waals surface area contributed by atoms with Gasteiger partial charge in [0.1, 0.15) is 0 Å². The fourth-order valence-electron chi connectivity index (χ4n) is 2.71. The van der Waals surface area contributed by atoms with Gasteiger partial charge in [0.05, 0.1) is 5.69 Å². The Balaban J connectivity index is 2.14. The summed E-state index contributed by atoms with van der Waals surface area (Å²) < 4.78 is 2.04. The van der Waals surface area contributed by atoms with Crippen molar-refractivity contribution >= 4 is 49.1 Å². The van der Waals surface area contributed by atoms with Crippen LogP contribution in [-0.2, 0) is 0 Å². The van der Waals surface area contributed by atoms with Gasteiger partial charge in [-0.1, -0.05) is 31.9 Å². The lowest BCUT2D eigenvalue weighted by Gasteiger charge is -2.36. The zero-order valence-corrected chi connectivity index (χ0v) is 14.6. The first-order valence-corrected chi connectivity index (χ1v) is 8.25. The standard InChI is InChI=1S/C14H18Br2ClN/c1-14(2)5-3-4-10(8-14)18-13-11(15)6-9(17)7-12(13)16/h6-7,10,18H,3-5,8H2,1-2H3. The quantitative estimate of drug-likeness (QED) is 0.624. The summed E-state index contributed by atoms with van der Waals surface area (Å²) in [6, 6.07) is 4.41. The molecule has 0 heterocycles. The van der Waals surface area contributed by atoms with E-state index in [9.17, 15) is 0 Å². The molecule has 1 saturated carbocycles. The number of hydrogen-bond donors (Lipinski definition) is 1. The van der Waals surface area contributed by atoms with Crippen molar-refractivity contribution in [2.75, 3.05) is 5.32 Å². The summed E-state index contributed by atoms with van der Waals surface area (Å²) in [5.41, 5.74) is 1.56. The van der Waals surface area contributed by atoms with Crippen LogP contribution in [0.5, 0.6) is 0 Å². The molecule has 4 heteroatoms. The number of nitrogens with one attached hydrogen (secondary N) is 1. The Morgan fingerprint density at radius 2 is 1.89 bits per heavy atom. The van der Waals surface area contributed by atoms with Crippen molar-refractivity contribution in [3.05, 3.63) is 26.1 Å². The zero-order valence-electron chi connectivity index (χ0n) is 10.7. The predicted molar refractivity (Wildman–Crippen MR) is 86.5 cm³/mol. The maximum Gasteiger partial charge on any atom is 0.0632 e. The molecule has 0 aliphatic heterocycles. The monoisotopic (exact) mass is 393 g/mol. The Morgan fingerprint density at radius 3 is 2.44 bits per heavy atom. The van der Waals surface area contributed by atoms with Gasteiger partial charge in [0.2, 0.25) is 0 Å². The lowest BCUT2D eigenvalue weighted by atomic mass is 9.75. The van der Waals surface area contributed by atoms with Gasteiger partial charge in [0.25, 0.3) is 0 Å². The average molecular weight is 396 g/mol. The molecule has 18 heavy (non-hydrogen) atoms. The van der Waals surface area contributed by atoms with Gasteiger partial charge in [-0.05, 0) is 68.7 Å². The summed E-state index contributed by atoms with van der Waals surface area (Å²) in [7, 11) is 0. The molecule has 1 atom stereocenters. The van der Waals surface area contributed by atoms with Crippen molar-refractivity contribution in [2.45, 2.75) is 45.6 Å². The lowest BCUT2D eigenvalue weighted by molar-refractivity contribution is 0.229. The summed E-state index contributed by atoms with van der Waals surface area (Å²) in [5.74, 6) is 0. The molecule has 1 nitrogen and oxygen atoms in total. The normalized spacial score (nSPS) is 22.8. The fraction of sp³-hybridized carbons (Fsp3) is 0.571. The third-order valence-electron chi connectivity index (χ3n) is 3.56. The van der Waals surface area contributed by atoms with Crippen LogP contribution < -0.4 is 5.32 Å².